The standard InChI is InChI=1S/C26H32N4O2/c1-17(2)15-22(25-29-28-24-9-4-5-14-30(24)25)27-26(32)18(3)20-12-10-19(11-13-20)16-21-7-6-8-23(21)31/h4-5,9-14,17-18,21-22H,6-8,15-16H2,1-3H3,(H,27,32). The summed E-state index contributed by atoms with van der Waals surface area (Å²) >= 11 is 0. The van der Waals surface area contributed by atoms with Gasteiger partial charge in [0.25, 0.3) is 0 Å². The van der Waals surface area contributed by atoms with Gasteiger partial charge in [-0.15, -0.1) is 10.2 Å². The third-order valence-electron chi connectivity index (χ3n) is 6.46. The minimum absolute atomic E-state index is 0.0259. The highest BCUT2D eigenvalue weighted by Crippen LogP contribution is 2.27. The molecule has 0 aliphatic heterocycles. The number of Topliss-reactive ketones (excluding diaryl/α,β-unsaturated/α-hetero) is 1. The van der Waals surface area contributed by atoms with Crippen LogP contribution < -0.4 is 5.32 Å². The average molecular weight is 433 g/mol. The molecule has 1 N–H and O–H groups in total. The Morgan fingerprint density at radius 2 is 1.91 bits per heavy atom. The van der Waals surface area contributed by atoms with Gasteiger partial charge in [0.2, 0.25) is 5.91 Å². The zero-order chi connectivity index (χ0) is 22.7. The molecular weight excluding hydrogens is 400 g/mol. The van der Waals surface area contributed by atoms with E-state index < -0.39 is 0 Å². The van der Waals surface area contributed by atoms with Gasteiger partial charge in [0.15, 0.2) is 11.5 Å². The van der Waals surface area contributed by atoms with Crippen molar-refractivity contribution in [3.05, 3.63) is 65.6 Å². The molecule has 2 heterocycles. The minimum atomic E-state index is -0.286. The summed E-state index contributed by atoms with van der Waals surface area (Å²) in [6.07, 6.45) is 6.24. The van der Waals surface area contributed by atoms with E-state index in [0.29, 0.717) is 11.7 Å². The topological polar surface area (TPSA) is 76.4 Å². The van der Waals surface area contributed by atoms with Gasteiger partial charge in [0.1, 0.15) is 5.78 Å². The van der Waals surface area contributed by atoms with Gasteiger partial charge in [0.05, 0.1) is 12.0 Å². The maximum atomic E-state index is 13.2. The first-order valence-corrected chi connectivity index (χ1v) is 11.6. The molecule has 1 aliphatic carbocycles. The fourth-order valence-electron chi connectivity index (χ4n) is 4.58. The van der Waals surface area contributed by atoms with Crippen LogP contribution in [0.1, 0.15) is 75.4 Å². The van der Waals surface area contributed by atoms with Crippen molar-refractivity contribution in [1.82, 2.24) is 19.9 Å². The highest BCUT2D eigenvalue weighted by atomic mass is 16.2. The van der Waals surface area contributed by atoms with Gasteiger partial charge in [-0.25, -0.2) is 0 Å². The van der Waals surface area contributed by atoms with Gasteiger partial charge in [0, 0.05) is 18.5 Å². The molecular formula is C26H32N4O2. The van der Waals surface area contributed by atoms with Gasteiger partial charge >= 0.3 is 0 Å². The third-order valence-corrected chi connectivity index (χ3v) is 6.46. The molecule has 0 bridgehead atoms. The number of benzene rings is 1. The summed E-state index contributed by atoms with van der Waals surface area (Å²) in [7, 11) is 0. The van der Waals surface area contributed by atoms with E-state index in [9.17, 15) is 9.59 Å². The van der Waals surface area contributed by atoms with Crippen molar-refractivity contribution >= 4 is 17.3 Å². The molecule has 1 fully saturated rings. The van der Waals surface area contributed by atoms with Crippen LogP contribution in [-0.4, -0.2) is 26.3 Å². The number of carbonyl (C=O) groups excluding carboxylic acids is 2. The lowest BCUT2D eigenvalue weighted by Crippen LogP contribution is -2.33. The first-order chi connectivity index (χ1) is 15.4. The van der Waals surface area contributed by atoms with Crippen molar-refractivity contribution in [2.24, 2.45) is 11.8 Å². The largest absolute Gasteiger partial charge is 0.346 e. The Kier molecular flexibility index (Phi) is 6.68. The van der Waals surface area contributed by atoms with E-state index in [4.69, 9.17) is 0 Å². The lowest BCUT2D eigenvalue weighted by atomic mass is 9.93. The lowest BCUT2D eigenvalue weighted by molar-refractivity contribution is -0.123. The Morgan fingerprint density at radius 3 is 2.59 bits per heavy atom. The van der Waals surface area contributed by atoms with Gasteiger partial charge in [-0.2, -0.15) is 0 Å². The molecule has 0 spiro atoms. The molecule has 3 atom stereocenters. The van der Waals surface area contributed by atoms with Crippen LogP contribution in [0.3, 0.4) is 0 Å². The molecule has 1 aromatic carbocycles. The van der Waals surface area contributed by atoms with Crippen LogP contribution in [0.5, 0.6) is 0 Å². The van der Waals surface area contributed by atoms with Crippen molar-refractivity contribution in [2.75, 3.05) is 0 Å². The first-order valence-electron chi connectivity index (χ1n) is 11.6. The highest BCUT2D eigenvalue weighted by Gasteiger charge is 2.26. The molecule has 32 heavy (non-hydrogen) atoms. The molecule has 1 saturated carbocycles. The SMILES string of the molecule is CC(C)CC(NC(=O)C(C)c1ccc(CC2CCCC2=O)cc1)c1nnc2ccccn12. The van der Waals surface area contributed by atoms with Crippen molar-refractivity contribution in [3.8, 4) is 0 Å². The predicted octanol–water partition coefficient (Wildman–Crippen LogP) is 4.65. The summed E-state index contributed by atoms with van der Waals surface area (Å²) in [5.74, 6) is 1.39. The van der Waals surface area contributed by atoms with Crippen molar-refractivity contribution in [3.63, 3.8) is 0 Å². The second-order valence-corrected chi connectivity index (χ2v) is 9.40. The molecule has 168 valence electrons. The van der Waals surface area contributed by atoms with Crippen LogP contribution >= 0.6 is 0 Å². The number of rotatable bonds is 8. The van der Waals surface area contributed by atoms with E-state index >= 15 is 0 Å². The van der Waals surface area contributed by atoms with Crippen LogP contribution in [0.4, 0.5) is 0 Å². The monoisotopic (exact) mass is 432 g/mol. The van der Waals surface area contributed by atoms with Gasteiger partial charge in [-0.05, 0) is 61.8 Å². The first kappa shape index (κ1) is 22.2. The number of nitrogens with one attached hydrogen (secondary N) is 1. The number of pyridine rings is 1. The number of fused-ring (bicyclic) bond motifs is 1. The fourth-order valence-corrected chi connectivity index (χ4v) is 4.58. The molecule has 6 heteroatoms. The van der Waals surface area contributed by atoms with Crippen LogP contribution in [0.15, 0.2) is 48.7 Å². The predicted molar refractivity (Wildman–Crippen MR) is 124 cm³/mol. The third kappa shape index (κ3) is 4.90. The maximum Gasteiger partial charge on any atom is 0.227 e. The van der Waals surface area contributed by atoms with Crippen LogP contribution in [0.2, 0.25) is 0 Å². The zero-order valence-electron chi connectivity index (χ0n) is 19.1. The lowest BCUT2D eigenvalue weighted by Gasteiger charge is -2.22. The van der Waals surface area contributed by atoms with Gasteiger partial charge in [-0.1, -0.05) is 44.2 Å². The molecule has 2 aromatic heterocycles. The normalized spacial score (nSPS) is 18.2. The Morgan fingerprint density at radius 1 is 1.12 bits per heavy atom. The maximum absolute atomic E-state index is 13.2. The van der Waals surface area contributed by atoms with E-state index in [1.165, 1.54) is 0 Å². The average Bonchev–Trinajstić information content (AvgIpc) is 3.39. The second kappa shape index (κ2) is 9.63. The fraction of sp³-hybridized carbons (Fsp3) is 0.462. The van der Waals surface area contributed by atoms with Crippen molar-refractivity contribution in [1.29, 1.82) is 0 Å². The smallest absolute Gasteiger partial charge is 0.227 e. The zero-order valence-corrected chi connectivity index (χ0v) is 19.1. The Labute approximate surface area is 189 Å². The molecule has 0 saturated heterocycles. The molecule has 6 nitrogen and oxygen atoms in total. The van der Waals surface area contributed by atoms with Crippen molar-refractivity contribution < 1.29 is 9.59 Å². The number of aromatic nitrogens is 3. The van der Waals surface area contributed by atoms with Crippen LogP contribution in [0, 0.1) is 11.8 Å². The van der Waals surface area contributed by atoms with E-state index in [0.717, 1.165) is 54.7 Å². The highest BCUT2D eigenvalue weighted by molar-refractivity contribution is 5.84. The van der Waals surface area contributed by atoms with Crippen LogP contribution in [0.25, 0.3) is 5.65 Å². The van der Waals surface area contributed by atoms with E-state index in [-0.39, 0.29) is 23.8 Å². The quantitative estimate of drug-likeness (QED) is 0.562. The van der Waals surface area contributed by atoms with Crippen LogP contribution in [-0.2, 0) is 16.0 Å². The molecule has 3 unspecified atom stereocenters. The number of amides is 1. The number of carbonyl (C=O) groups is 2. The van der Waals surface area contributed by atoms with E-state index in [1.807, 2.05) is 47.9 Å². The Hall–Kier alpha value is -3.02. The minimum Gasteiger partial charge on any atom is -0.346 e. The van der Waals surface area contributed by atoms with Gasteiger partial charge < -0.3 is 5.32 Å². The number of nitrogens with zero attached hydrogens (tertiary/aromatic N) is 3. The molecule has 3 aromatic rings. The summed E-state index contributed by atoms with van der Waals surface area (Å²) in [6, 6.07) is 13.7. The number of hydrogen-bond donors (Lipinski definition) is 1. The molecule has 4 rings (SSSR count). The summed E-state index contributed by atoms with van der Waals surface area (Å²) in [5.41, 5.74) is 2.91. The summed E-state index contributed by atoms with van der Waals surface area (Å²) in [5, 5.41) is 11.8. The Balaban J connectivity index is 1.46. The second-order valence-electron chi connectivity index (χ2n) is 9.40. The summed E-state index contributed by atoms with van der Waals surface area (Å²) < 4.78 is 1.94. The number of ketones is 1. The molecule has 0 radical (unpaired) electrons. The molecule has 1 aliphatic rings. The van der Waals surface area contributed by atoms with Gasteiger partial charge in [-0.3, -0.25) is 14.0 Å². The summed E-state index contributed by atoms with van der Waals surface area (Å²) in [4.78, 5) is 25.1. The Bertz CT molecular complexity index is 1090. The van der Waals surface area contributed by atoms with E-state index in [1.54, 1.807) is 0 Å². The summed E-state index contributed by atoms with van der Waals surface area (Å²) in [6.45, 7) is 6.21. The van der Waals surface area contributed by atoms with Crippen molar-refractivity contribution in [2.45, 2.75) is 64.8 Å². The molecule has 1 amide bonds. The van der Waals surface area contributed by atoms with E-state index in [2.05, 4.69) is 41.5 Å². The number of hydrogen-bond acceptors (Lipinski definition) is 4.